The molecular weight excluding hydrogens is 817 g/mol. The third kappa shape index (κ3) is 9.68. The van der Waals surface area contributed by atoms with Gasteiger partial charge in [-0.1, -0.05) is 78.9 Å². The standard InChI is InChI=1S/C47H52N10O7/c1-29(63-2)41(54-47(62)64-3)45(59)57-22-8-12-40(57)43-49-25-38(52-43)34-19-15-32(16-20-34)31-13-17-33(18-14-31)37-24-48-42(51-37)39-11-7-21-56(39)44(58)36(53-46(60)61)23-35-27-55(28-50-35)26-30-9-5-4-6-10-30/h4-6,9-10,13-20,24-25,27-29,36,39-41,53H,7-8,11-12,21-23,26H2,1-3H3,(H,48,51)(H,49,52)(H,54,62)(H,60,61)/t29-,36+,39+,40+,41+/m1/s1. The van der Waals surface area contributed by atoms with Crippen LogP contribution in [-0.4, -0.2) is 114 Å². The topological polar surface area (TPSA) is 213 Å². The number of hydrogen-bond acceptors (Lipinski definition) is 9. The summed E-state index contributed by atoms with van der Waals surface area (Å²) >= 11 is 0. The minimum Gasteiger partial charge on any atom is -0.465 e. The normalized spacial score (nSPS) is 17.5. The quantitative estimate of drug-likeness (QED) is 0.0772. The van der Waals surface area contributed by atoms with Crippen LogP contribution in [0.15, 0.2) is 104 Å². The van der Waals surface area contributed by atoms with Crippen molar-refractivity contribution in [3.8, 4) is 33.6 Å². The molecule has 8 rings (SSSR count). The molecule has 64 heavy (non-hydrogen) atoms. The molecule has 4 amide bonds. The van der Waals surface area contributed by atoms with Crippen molar-refractivity contribution in [2.24, 2.45) is 0 Å². The van der Waals surface area contributed by atoms with Gasteiger partial charge in [-0.2, -0.15) is 0 Å². The number of imidazole rings is 3. The Kier molecular flexibility index (Phi) is 13.2. The molecule has 2 saturated heterocycles. The summed E-state index contributed by atoms with van der Waals surface area (Å²) in [4.78, 5) is 75.7. The third-order valence-corrected chi connectivity index (χ3v) is 12.1. The molecule has 2 fully saturated rings. The number of methoxy groups -OCH3 is 2. The van der Waals surface area contributed by atoms with Gasteiger partial charge in [0.2, 0.25) is 11.8 Å². The minimum absolute atomic E-state index is 0.122. The van der Waals surface area contributed by atoms with E-state index in [2.05, 4.69) is 30.6 Å². The van der Waals surface area contributed by atoms with Crippen LogP contribution in [0, 0.1) is 0 Å². The Labute approximate surface area is 370 Å². The van der Waals surface area contributed by atoms with E-state index < -0.39 is 30.4 Å². The average molecular weight is 869 g/mol. The number of alkyl carbamates (subject to hydrolysis) is 1. The summed E-state index contributed by atoms with van der Waals surface area (Å²) in [5, 5.41) is 14.7. The van der Waals surface area contributed by atoms with Gasteiger partial charge in [0.25, 0.3) is 0 Å². The number of nitrogens with one attached hydrogen (secondary N) is 4. The van der Waals surface area contributed by atoms with E-state index in [1.807, 2.05) is 89.6 Å². The summed E-state index contributed by atoms with van der Waals surface area (Å²) in [6, 6.07) is 23.7. The van der Waals surface area contributed by atoms with E-state index >= 15 is 0 Å². The number of hydrogen-bond donors (Lipinski definition) is 5. The lowest BCUT2D eigenvalue weighted by molar-refractivity contribution is -0.137. The number of carboxylic acid groups (broad SMARTS) is 1. The molecular formula is C47H52N10O7. The Balaban J connectivity index is 0.900. The van der Waals surface area contributed by atoms with Crippen molar-refractivity contribution in [2.45, 2.75) is 75.8 Å². The van der Waals surface area contributed by atoms with Gasteiger partial charge in [0.15, 0.2) is 0 Å². The molecule has 5 N–H and O–H groups in total. The SMILES string of the molecule is COC(=O)N[C@H](C(=O)N1CCC[C@H]1c1ncc(-c2ccc(-c3ccc(-c4cnc([C@@H]5CCCN5C(=O)[C@H](Cc5cn(Cc6ccccc6)cn5)NC(=O)O)[nH]4)cc3)cc2)[nH]1)[C@@H](C)OC. The van der Waals surface area contributed by atoms with E-state index in [4.69, 9.17) is 14.5 Å². The number of benzene rings is 3. The van der Waals surface area contributed by atoms with Crippen LogP contribution >= 0.6 is 0 Å². The molecule has 17 nitrogen and oxygen atoms in total. The molecule has 332 valence electrons. The molecule has 5 heterocycles. The maximum atomic E-state index is 14.0. The Morgan fingerprint density at radius 1 is 0.750 bits per heavy atom. The highest BCUT2D eigenvalue weighted by atomic mass is 16.5. The molecule has 2 aliphatic rings. The zero-order valence-electron chi connectivity index (χ0n) is 35.9. The summed E-state index contributed by atoms with van der Waals surface area (Å²) < 4.78 is 12.1. The number of rotatable bonds is 15. The first kappa shape index (κ1) is 43.4. The molecule has 0 bridgehead atoms. The zero-order chi connectivity index (χ0) is 44.7. The number of aromatic amines is 2. The van der Waals surface area contributed by atoms with Crippen LogP contribution in [0.2, 0.25) is 0 Å². The molecule has 0 unspecified atom stereocenters. The number of amides is 4. The van der Waals surface area contributed by atoms with Crippen molar-refractivity contribution in [1.29, 1.82) is 0 Å². The van der Waals surface area contributed by atoms with Gasteiger partial charge in [-0.25, -0.2) is 24.5 Å². The zero-order valence-corrected chi connectivity index (χ0v) is 35.9. The first-order chi connectivity index (χ1) is 31.1. The largest absolute Gasteiger partial charge is 0.465 e. The Hall–Kier alpha value is -7.27. The lowest BCUT2D eigenvalue weighted by Crippen LogP contribution is -2.54. The first-order valence-electron chi connectivity index (χ1n) is 21.4. The highest BCUT2D eigenvalue weighted by molar-refractivity contribution is 5.87. The minimum atomic E-state index is -1.27. The first-order valence-corrected chi connectivity index (χ1v) is 21.4. The van der Waals surface area contributed by atoms with Crippen molar-refractivity contribution in [3.63, 3.8) is 0 Å². The number of ether oxygens (including phenoxy) is 2. The van der Waals surface area contributed by atoms with Crippen molar-refractivity contribution < 1.29 is 33.8 Å². The Morgan fingerprint density at radius 2 is 1.30 bits per heavy atom. The summed E-state index contributed by atoms with van der Waals surface area (Å²) in [6.07, 6.45) is 7.66. The fraction of sp³-hybridized carbons (Fsp3) is 0.340. The number of H-pyrrole nitrogens is 2. The molecule has 3 aromatic carbocycles. The highest BCUT2D eigenvalue weighted by Crippen LogP contribution is 2.35. The van der Waals surface area contributed by atoms with Crippen LogP contribution in [-0.2, 0) is 32.0 Å². The third-order valence-electron chi connectivity index (χ3n) is 12.1. The van der Waals surface area contributed by atoms with Gasteiger partial charge in [0.05, 0.1) is 61.1 Å². The summed E-state index contributed by atoms with van der Waals surface area (Å²) in [6.45, 7) is 3.36. The molecule has 3 aromatic heterocycles. The summed E-state index contributed by atoms with van der Waals surface area (Å²) in [5.74, 6) is 0.757. The molecule has 0 aliphatic carbocycles. The molecule has 5 atom stereocenters. The molecule has 17 heteroatoms. The number of carbonyl (C=O) groups excluding carboxylic acids is 3. The molecule has 0 saturated carbocycles. The van der Waals surface area contributed by atoms with E-state index in [1.165, 1.54) is 14.2 Å². The fourth-order valence-corrected chi connectivity index (χ4v) is 8.65. The van der Waals surface area contributed by atoms with Crippen LogP contribution in [0.3, 0.4) is 0 Å². The molecule has 2 aliphatic heterocycles. The van der Waals surface area contributed by atoms with Crippen LogP contribution in [0.1, 0.15) is 67.6 Å². The number of likely N-dealkylation sites (tertiary alicyclic amines) is 2. The Bertz CT molecular complexity index is 2550. The van der Waals surface area contributed by atoms with Gasteiger partial charge in [0.1, 0.15) is 23.7 Å². The second-order valence-corrected chi connectivity index (χ2v) is 16.2. The number of aromatic nitrogens is 6. The van der Waals surface area contributed by atoms with Gasteiger partial charge in [0, 0.05) is 39.4 Å². The van der Waals surface area contributed by atoms with Gasteiger partial charge in [-0.3, -0.25) is 9.59 Å². The monoisotopic (exact) mass is 868 g/mol. The van der Waals surface area contributed by atoms with Crippen molar-refractivity contribution >= 4 is 24.0 Å². The van der Waals surface area contributed by atoms with Crippen LogP contribution in [0.25, 0.3) is 33.6 Å². The average Bonchev–Trinajstić information content (AvgIpc) is 4.18. The predicted octanol–water partition coefficient (Wildman–Crippen LogP) is 6.34. The van der Waals surface area contributed by atoms with Crippen LogP contribution < -0.4 is 10.6 Å². The fourth-order valence-electron chi connectivity index (χ4n) is 8.65. The smallest absolute Gasteiger partial charge is 0.407 e. The lowest BCUT2D eigenvalue weighted by Gasteiger charge is -2.30. The van der Waals surface area contributed by atoms with E-state index in [9.17, 15) is 24.3 Å². The number of carbonyl (C=O) groups is 4. The highest BCUT2D eigenvalue weighted by Gasteiger charge is 2.39. The van der Waals surface area contributed by atoms with Gasteiger partial charge < -0.3 is 49.5 Å². The van der Waals surface area contributed by atoms with Crippen LogP contribution in [0.4, 0.5) is 9.59 Å². The van der Waals surface area contributed by atoms with Gasteiger partial charge >= 0.3 is 12.2 Å². The summed E-state index contributed by atoms with van der Waals surface area (Å²) in [5.41, 5.74) is 7.28. The number of nitrogens with zero attached hydrogens (tertiary/aromatic N) is 6. The van der Waals surface area contributed by atoms with E-state index in [0.29, 0.717) is 43.4 Å². The second-order valence-electron chi connectivity index (χ2n) is 16.2. The van der Waals surface area contributed by atoms with Gasteiger partial charge in [-0.15, -0.1) is 0 Å². The van der Waals surface area contributed by atoms with E-state index in [-0.39, 0.29) is 30.3 Å². The van der Waals surface area contributed by atoms with E-state index in [0.717, 1.165) is 58.5 Å². The molecule has 0 spiro atoms. The Morgan fingerprint density at radius 3 is 1.83 bits per heavy atom. The lowest BCUT2D eigenvalue weighted by atomic mass is 10.0. The summed E-state index contributed by atoms with van der Waals surface area (Å²) in [7, 11) is 2.75. The maximum absolute atomic E-state index is 14.0. The van der Waals surface area contributed by atoms with Gasteiger partial charge in [-0.05, 0) is 60.4 Å². The van der Waals surface area contributed by atoms with Crippen molar-refractivity contribution in [3.05, 3.63) is 127 Å². The van der Waals surface area contributed by atoms with E-state index in [1.54, 1.807) is 35.4 Å². The maximum Gasteiger partial charge on any atom is 0.407 e. The molecule has 0 radical (unpaired) electrons. The second kappa shape index (κ2) is 19.4. The van der Waals surface area contributed by atoms with Crippen LogP contribution in [0.5, 0.6) is 0 Å². The van der Waals surface area contributed by atoms with Crippen molar-refractivity contribution in [1.82, 2.24) is 49.9 Å². The predicted molar refractivity (Wildman–Crippen MR) is 237 cm³/mol. The molecule has 6 aromatic rings. The van der Waals surface area contributed by atoms with Crippen molar-refractivity contribution in [2.75, 3.05) is 27.3 Å².